The number of rotatable bonds is 1. The van der Waals surface area contributed by atoms with Gasteiger partial charge in [0.15, 0.2) is 0 Å². The van der Waals surface area contributed by atoms with Crippen molar-refractivity contribution in [1.29, 1.82) is 0 Å². The largest absolute Gasteiger partial charge is 0.393 e. The Bertz CT molecular complexity index is 135. The second-order valence-electron chi connectivity index (χ2n) is 4.20. The lowest BCUT2D eigenvalue weighted by atomic mass is 10.1. The molecule has 1 rings (SSSR count). The van der Waals surface area contributed by atoms with Crippen LogP contribution in [0, 0.1) is 5.92 Å². The van der Waals surface area contributed by atoms with E-state index < -0.39 is 0 Å². The number of hydrogen-bond donors (Lipinski definition) is 1. The fourth-order valence-electron chi connectivity index (χ4n) is 0.293. The molecular formula is C14H32O2. The molecule has 0 bridgehead atoms. The van der Waals surface area contributed by atoms with Gasteiger partial charge in [0.2, 0.25) is 0 Å². The Labute approximate surface area is 103 Å². The maximum atomic E-state index is 8.63. The second-order valence-corrected chi connectivity index (χ2v) is 4.20. The Morgan fingerprint density at radius 2 is 1.19 bits per heavy atom. The van der Waals surface area contributed by atoms with Crippen LogP contribution in [0.5, 0.6) is 0 Å². The molecule has 1 aliphatic rings. The molecule has 2 nitrogen and oxygen atoms in total. The van der Waals surface area contributed by atoms with Crippen LogP contribution in [0.4, 0.5) is 0 Å². The predicted octanol–water partition coefficient (Wildman–Crippen LogP) is 4.04. The Hall–Kier alpha value is -0.340. The first kappa shape index (κ1) is 21.0. The molecular weight excluding hydrogens is 200 g/mol. The minimum atomic E-state index is -0.148. The molecule has 0 amide bonds. The van der Waals surface area contributed by atoms with Crippen molar-refractivity contribution in [2.75, 3.05) is 0 Å². The van der Waals surface area contributed by atoms with E-state index in [0.717, 1.165) is 0 Å². The lowest BCUT2D eigenvalue weighted by Gasteiger charge is -2.04. The molecule has 3 atom stereocenters. The van der Waals surface area contributed by atoms with E-state index in [1.165, 1.54) is 0 Å². The zero-order valence-corrected chi connectivity index (χ0v) is 11.3. The van der Waals surface area contributed by atoms with Gasteiger partial charge >= 0.3 is 0 Å². The van der Waals surface area contributed by atoms with Gasteiger partial charge in [-0.1, -0.05) is 33.4 Å². The fraction of sp³-hybridized carbons (Fsp3) is 0.857. The summed E-state index contributed by atoms with van der Waals surface area (Å²) in [4.78, 5) is 0. The van der Waals surface area contributed by atoms with E-state index in [1.807, 2.05) is 39.8 Å². The molecule has 1 fully saturated rings. The molecule has 100 valence electrons. The van der Waals surface area contributed by atoms with E-state index in [4.69, 9.17) is 9.84 Å². The highest BCUT2D eigenvalue weighted by Gasteiger charge is 2.27. The molecule has 2 heteroatoms. The Balaban J connectivity index is -0.000000157. The minimum absolute atomic E-state index is 0. The molecule has 3 unspecified atom stereocenters. The summed E-state index contributed by atoms with van der Waals surface area (Å²) in [7, 11) is 0. The zero-order chi connectivity index (χ0) is 12.4. The summed E-state index contributed by atoms with van der Waals surface area (Å²) in [6, 6.07) is 0. The topological polar surface area (TPSA) is 32.8 Å². The van der Waals surface area contributed by atoms with Crippen molar-refractivity contribution in [3.63, 3.8) is 0 Å². The van der Waals surface area contributed by atoms with Crippen LogP contribution < -0.4 is 0 Å². The van der Waals surface area contributed by atoms with Crippen LogP contribution >= 0.6 is 0 Å². The summed E-state index contributed by atoms with van der Waals surface area (Å²) < 4.78 is 4.92. The summed E-state index contributed by atoms with van der Waals surface area (Å²) in [6.45, 7) is 13.9. The van der Waals surface area contributed by atoms with Crippen LogP contribution in [-0.4, -0.2) is 23.4 Å². The molecule has 1 N–H and O–H groups in total. The van der Waals surface area contributed by atoms with Crippen molar-refractivity contribution in [3.05, 3.63) is 12.2 Å². The molecule has 0 aromatic rings. The highest BCUT2D eigenvalue weighted by molar-refractivity contribution is 4.73. The van der Waals surface area contributed by atoms with Gasteiger partial charge in [0, 0.05) is 0 Å². The smallest absolute Gasteiger partial charge is 0.0811 e. The van der Waals surface area contributed by atoms with Gasteiger partial charge in [-0.05, 0) is 40.5 Å². The van der Waals surface area contributed by atoms with Crippen molar-refractivity contribution in [3.8, 4) is 0 Å². The number of ether oxygens (including phenoxy) is 1. The molecule has 1 aliphatic heterocycles. The van der Waals surface area contributed by atoms with Gasteiger partial charge in [-0.15, -0.1) is 0 Å². The third kappa shape index (κ3) is 19.3. The zero-order valence-electron chi connectivity index (χ0n) is 11.3. The number of epoxide rings is 1. The highest BCUT2D eigenvalue weighted by atomic mass is 16.6. The van der Waals surface area contributed by atoms with E-state index >= 15 is 0 Å². The minimum Gasteiger partial charge on any atom is -0.393 e. The van der Waals surface area contributed by atoms with Crippen molar-refractivity contribution in [2.45, 2.75) is 74.2 Å². The molecule has 0 spiro atoms. The number of hydrogen-bond acceptors (Lipinski definition) is 2. The lowest BCUT2D eigenvalue weighted by molar-refractivity contribution is 0.144. The van der Waals surface area contributed by atoms with E-state index in [0.29, 0.717) is 18.1 Å². The molecule has 0 radical (unpaired) electrons. The quantitative estimate of drug-likeness (QED) is 0.547. The van der Waals surface area contributed by atoms with Crippen LogP contribution in [-0.2, 0) is 4.74 Å². The summed E-state index contributed by atoms with van der Waals surface area (Å²) in [6.07, 6.45) is 4.95. The van der Waals surface area contributed by atoms with Crippen LogP contribution in [0.3, 0.4) is 0 Å². The summed E-state index contributed by atoms with van der Waals surface area (Å²) in [5.74, 6) is 0.407. The van der Waals surface area contributed by atoms with Gasteiger partial charge in [0.1, 0.15) is 0 Å². The monoisotopic (exact) mass is 232 g/mol. The molecule has 1 heterocycles. The second kappa shape index (κ2) is 12.7. The van der Waals surface area contributed by atoms with Crippen LogP contribution in [0.1, 0.15) is 55.9 Å². The first-order chi connectivity index (χ1) is 6.86. The summed E-state index contributed by atoms with van der Waals surface area (Å²) >= 11 is 0. The fourth-order valence-corrected chi connectivity index (χ4v) is 0.293. The molecule has 0 saturated carbocycles. The average molecular weight is 232 g/mol. The molecule has 0 aliphatic carbocycles. The van der Waals surface area contributed by atoms with Crippen molar-refractivity contribution in [2.24, 2.45) is 5.92 Å². The van der Waals surface area contributed by atoms with E-state index in [-0.39, 0.29) is 13.5 Å². The number of aliphatic hydroxyl groups excluding tert-OH is 1. The van der Waals surface area contributed by atoms with Gasteiger partial charge in [-0.25, -0.2) is 0 Å². The summed E-state index contributed by atoms with van der Waals surface area (Å²) in [5.41, 5.74) is 0. The maximum Gasteiger partial charge on any atom is 0.0811 e. The first-order valence-electron chi connectivity index (χ1n) is 5.77. The summed E-state index contributed by atoms with van der Waals surface area (Å²) in [5, 5.41) is 8.63. The van der Waals surface area contributed by atoms with Gasteiger partial charge in [-0.3, -0.25) is 0 Å². The standard InChI is InChI=1S/C5H12O.C4H8O.C4H8.CH4/c1-4(2)5(3)6;1-3-4(2)5-3;1-3-4-2;/h4-6H,1-3H3;3-4H,1-2H3;3-4H,1-2H3;1H4/b;;4-3+;. The third-order valence-corrected chi connectivity index (χ3v) is 2.31. The van der Waals surface area contributed by atoms with Gasteiger partial charge < -0.3 is 9.84 Å². The molecule has 1 saturated heterocycles. The number of aliphatic hydroxyl groups is 1. The van der Waals surface area contributed by atoms with Gasteiger partial charge in [0.25, 0.3) is 0 Å². The van der Waals surface area contributed by atoms with Crippen molar-refractivity contribution >= 4 is 0 Å². The lowest BCUT2D eigenvalue weighted by Crippen LogP contribution is -2.07. The van der Waals surface area contributed by atoms with Crippen molar-refractivity contribution in [1.82, 2.24) is 0 Å². The molecule has 0 aromatic heterocycles. The third-order valence-electron chi connectivity index (χ3n) is 2.31. The first-order valence-corrected chi connectivity index (χ1v) is 5.77. The van der Waals surface area contributed by atoms with Crippen LogP contribution in [0.15, 0.2) is 12.2 Å². The van der Waals surface area contributed by atoms with Crippen LogP contribution in [0.25, 0.3) is 0 Å². The van der Waals surface area contributed by atoms with Crippen LogP contribution in [0.2, 0.25) is 0 Å². The molecule has 16 heavy (non-hydrogen) atoms. The van der Waals surface area contributed by atoms with Gasteiger partial charge in [0.05, 0.1) is 18.3 Å². The average Bonchev–Trinajstić information content (AvgIpc) is 2.81. The predicted molar refractivity (Wildman–Crippen MR) is 73.7 cm³/mol. The number of allylic oxidation sites excluding steroid dienone is 2. The van der Waals surface area contributed by atoms with Crippen molar-refractivity contribution < 1.29 is 9.84 Å². The Morgan fingerprint density at radius 1 is 1.00 bits per heavy atom. The van der Waals surface area contributed by atoms with Gasteiger partial charge in [-0.2, -0.15) is 0 Å². The SMILES string of the molecule is C.C/C=C/C.CC(C)C(C)O.CC1OC1C. The Kier molecular flexibility index (Phi) is 16.7. The molecule has 0 aromatic carbocycles. The van der Waals surface area contributed by atoms with E-state index in [2.05, 4.69) is 13.8 Å². The maximum absolute atomic E-state index is 8.63. The Morgan fingerprint density at radius 3 is 1.19 bits per heavy atom. The van der Waals surface area contributed by atoms with E-state index in [1.54, 1.807) is 6.92 Å². The van der Waals surface area contributed by atoms with E-state index in [9.17, 15) is 0 Å². The highest BCUT2D eigenvalue weighted by Crippen LogP contribution is 2.18. The normalized spacial score (nSPS) is 23.6.